The van der Waals surface area contributed by atoms with Crippen LogP contribution >= 0.6 is 11.8 Å². The minimum atomic E-state index is -0.550. The van der Waals surface area contributed by atoms with Gasteiger partial charge in [0.15, 0.2) is 10.9 Å². The fraction of sp³-hybridized carbons (Fsp3) is 0.607. The third-order valence-electron chi connectivity index (χ3n) is 10.0. The summed E-state index contributed by atoms with van der Waals surface area (Å²) in [6, 6.07) is 9.75. The molecule has 4 aliphatic rings. The lowest BCUT2D eigenvalue weighted by molar-refractivity contribution is -0.195. The molecule has 0 bridgehead atoms. The van der Waals surface area contributed by atoms with Gasteiger partial charge in [-0.25, -0.2) is 0 Å². The number of cyclic esters (lactones) is 1. The Labute approximate surface area is 200 Å². The second-order valence-corrected chi connectivity index (χ2v) is 12.8. The lowest BCUT2D eigenvalue weighted by Crippen LogP contribution is -2.65. The number of carbonyl (C=O) groups excluding carboxylic acids is 3. The van der Waals surface area contributed by atoms with E-state index in [0.29, 0.717) is 13.0 Å². The number of thioether (sulfide) groups is 1. The van der Waals surface area contributed by atoms with E-state index in [1.165, 1.54) is 11.8 Å². The summed E-state index contributed by atoms with van der Waals surface area (Å²) in [4.78, 5) is 40.7. The predicted molar refractivity (Wildman–Crippen MR) is 128 cm³/mol. The zero-order chi connectivity index (χ0) is 23.6. The molecule has 0 aromatic heterocycles. The van der Waals surface area contributed by atoms with Gasteiger partial charge in [-0.05, 0) is 66.6 Å². The largest absolute Gasteiger partial charge is 0.465 e. The van der Waals surface area contributed by atoms with Crippen molar-refractivity contribution in [2.75, 3.05) is 6.61 Å². The summed E-state index contributed by atoms with van der Waals surface area (Å²) in [6.45, 7) is 9.20. The third-order valence-corrected chi connectivity index (χ3v) is 11.0. The van der Waals surface area contributed by atoms with Gasteiger partial charge in [-0.1, -0.05) is 63.7 Å². The number of fused-ring (bicyclic) bond motifs is 4. The molecule has 1 aliphatic heterocycles. The predicted octanol–water partition coefficient (Wildman–Crippen LogP) is 5.85. The Kier molecular flexibility index (Phi) is 5.24. The molecule has 5 rings (SSSR count). The van der Waals surface area contributed by atoms with E-state index in [9.17, 15) is 14.4 Å². The van der Waals surface area contributed by atoms with E-state index in [0.717, 1.165) is 24.2 Å². The van der Waals surface area contributed by atoms with Crippen molar-refractivity contribution >= 4 is 28.6 Å². The van der Waals surface area contributed by atoms with E-state index in [2.05, 4.69) is 33.8 Å². The first-order valence-corrected chi connectivity index (χ1v) is 13.0. The van der Waals surface area contributed by atoms with Gasteiger partial charge in [-0.15, -0.1) is 0 Å². The van der Waals surface area contributed by atoms with Crippen molar-refractivity contribution in [3.05, 3.63) is 42.5 Å². The zero-order valence-electron chi connectivity index (χ0n) is 20.1. The van der Waals surface area contributed by atoms with Crippen LogP contribution in [0.2, 0.25) is 0 Å². The van der Waals surface area contributed by atoms with Gasteiger partial charge in [0.2, 0.25) is 0 Å². The lowest BCUT2D eigenvalue weighted by Gasteiger charge is -2.67. The number of carbonyl (C=O) groups is 3. The van der Waals surface area contributed by atoms with Crippen LogP contribution in [-0.4, -0.2) is 23.5 Å². The van der Waals surface area contributed by atoms with E-state index in [1.807, 2.05) is 30.3 Å². The summed E-state index contributed by atoms with van der Waals surface area (Å²) in [5, 5.41) is 0.127. The molecule has 4 nitrogen and oxygen atoms in total. The topological polar surface area (TPSA) is 60.4 Å². The fourth-order valence-corrected chi connectivity index (χ4v) is 9.31. The molecule has 1 unspecified atom stereocenters. The highest BCUT2D eigenvalue weighted by Gasteiger charge is 2.71. The molecular formula is C28H34O4S. The molecule has 1 heterocycles. The highest BCUT2D eigenvalue weighted by atomic mass is 32.2. The smallest absolute Gasteiger partial charge is 0.306 e. The van der Waals surface area contributed by atoms with E-state index in [1.54, 1.807) is 6.08 Å². The average Bonchev–Trinajstić information content (AvgIpc) is 3.16. The van der Waals surface area contributed by atoms with Crippen LogP contribution in [0.3, 0.4) is 0 Å². The molecule has 0 radical (unpaired) electrons. The van der Waals surface area contributed by atoms with Crippen LogP contribution in [-0.2, 0) is 19.1 Å². The van der Waals surface area contributed by atoms with Crippen LogP contribution < -0.4 is 0 Å². The first kappa shape index (κ1) is 22.9. The first-order chi connectivity index (χ1) is 15.5. The quantitative estimate of drug-likeness (QED) is 0.404. The van der Waals surface area contributed by atoms with Gasteiger partial charge in [0.1, 0.15) is 0 Å². The maximum Gasteiger partial charge on any atom is 0.306 e. The molecule has 1 spiro atoms. The molecule has 1 saturated heterocycles. The van der Waals surface area contributed by atoms with Crippen LogP contribution in [0.15, 0.2) is 47.4 Å². The monoisotopic (exact) mass is 466 g/mol. The summed E-state index contributed by atoms with van der Waals surface area (Å²) in [6.07, 6.45) is 7.55. The van der Waals surface area contributed by atoms with Crippen LogP contribution in [0.5, 0.6) is 0 Å². The third kappa shape index (κ3) is 3.14. The number of benzene rings is 1. The van der Waals surface area contributed by atoms with Crippen molar-refractivity contribution < 1.29 is 19.1 Å². The van der Waals surface area contributed by atoms with E-state index < -0.39 is 10.8 Å². The molecule has 6 atom stereocenters. The number of ether oxygens (including phenoxy) is 1. The Morgan fingerprint density at radius 3 is 2.39 bits per heavy atom. The molecule has 3 fully saturated rings. The van der Waals surface area contributed by atoms with E-state index >= 15 is 0 Å². The van der Waals surface area contributed by atoms with Crippen LogP contribution in [0, 0.1) is 39.4 Å². The van der Waals surface area contributed by atoms with Crippen molar-refractivity contribution in [1.29, 1.82) is 0 Å². The Morgan fingerprint density at radius 1 is 1.00 bits per heavy atom. The number of esters is 1. The lowest BCUT2D eigenvalue weighted by atomic mass is 9.36. The summed E-state index contributed by atoms with van der Waals surface area (Å²) in [5.41, 5.74) is -1.39. The molecule has 1 aromatic rings. The summed E-state index contributed by atoms with van der Waals surface area (Å²) >= 11 is 1.29. The number of allylic oxidation sites excluding steroid dienone is 2. The number of hydrogen-bond acceptors (Lipinski definition) is 5. The van der Waals surface area contributed by atoms with Gasteiger partial charge >= 0.3 is 5.97 Å². The van der Waals surface area contributed by atoms with Crippen LogP contribution in [0.25, 0.3) is 0 Å². The highest BCUT2D eigenvalue weighted by Crippen LogP contribution is 2.72. The van der Waals surface area contributed by atoms with Crippen molar-refractivity contribution in [2.24, 2.45) is 39.4 Å². The van der Waals surface area contributed by atoms with Crippen molar-refractivity contribution in [2.45, 2.75) is 64.7 Å². The van der Waals surface area contributed by atoms with Crippen molar-refractivity contribution in [3.63, 3.8) is 0 Å². The fourth-order valence-electron chi connectivity index (χ4n) is 8.30. The van der Waals surface area contributed by atoms with E-state index in [4.69, 9.17) is 4.74 Å². The van der Waals surface area contributed by atoms with Gasteiger partial charge < -0.3 is 4.74 Å². The normalized spacial score (nSPS) is 41.4. The molecular weight excluding hydrogens is 432 g/mol. The second kappa shape index (κ2) is 7.56. The molecule has 3 aliphatic carbocycles. The summed E-state index contributed by atoms with van der Waals surface area (Å²) < 4.78 is 5.63. The minimum absolute atomic E-state index is 0.0466. The molecule has 0 amide bonds. The molecule has 0 N–H and O–H groups in total. The standard InChI is InChI=1S/C28H34O4S/c1-25(2)14-13-22(29)27(4)20(25)12-15-26(3)21(27)11-10-19(28(26)16-23(30)32-17-28)24(31)33-18-8-6-5-7-9-18/h5-9,13-14,19-21H,10-12,15-17H2,1-4H3/t19-,20?,21+,26-,27+,28+/m1/s1. The minimum Gasteiger partial charge on any atom is -0.465 e. The van der Waals surface area contributed by atoms with Gasteiger partial charge in [0, 0.05) is 21.6 Å². The zero-order valence-corrected chi connectivity index (χ0v) is 20.9. The highest BCUT2D eigenvalue weighted by molar-refractivity contribution is 8.13. The van der Waals surface area contributed by atoms with Gasteiger partial charge in [0.25, 0.3) is 0 Å². The summed E-state index contributed by atoms with van der Waals surface area (Å²) in [7, 11) is 0. The average molecular weight is 467 g/mol. The Bertz CT molecular complexity index is 1030. The second-order valence-electron chi connectivity index (χ2n) is 11.7. The Hall–Kier alpha value is -1.88. The SMILES string of the molecule is CC1(C)C=CC(=O)[C@@]2(C)C1CC[C@]1(C)[C@@H]2CC[C@H](C(=O)Sc2ccccc2)[C@]12COC(=O)C2. The number of hydrogen-bond donors (Lipinski definition) is 0. The maximum absolute atomic E-state index is 13.7. The molecule has 33 heavy (non-hydrogen) atoms. The van der Waals surface area contributed by atoms with Crippen molar-refractivity contribution in [3.8, 4) is 0 Å². The Morgan fingerprint density at radius 2 is 1.73 bits per heavy atom. The van der Waals surface area contributed by atoms with Gasteiger partial charge in [-0.2, -0.15) is 0 Å². The summed E-state index contributed by atoms with van der Waals surface area (Å²) in [5.74, 6) is 0.147. The van der Waals surface area contributed by atoms with Gasteiger partial charge in [-0.3, -0.25) is 14.4 Å². The maximum atomic E-state index is 13.7. The number of ketones is 1. The van der Waals surface area contributed by atoms with Gasteiger partial charge in [0.05, 0.1) is 13.0 Å². The molecule has 176 valence electrons. The number of rotatable bonds is 2. The first-order valence-electron chi connectivity index (χ1n) is 12.2. The van der Waals surface area contributed by atoms with Crippen LogP contribution in [0.1, 0.15) is 59.8 Å². The van der Waals surface area contributed by atoms with Crippen LogP contribution in [0.4, 0.5) is 0 Å². The molecule has 2 saturated carbocycles. The Balaban J connectivity index is 1.56. The van der Waals surface area contributed by atoms with Crippen molar-refractivity contribution in [1.82, 2.24) is 0 Å². The molecule has 1 aromatic carbocycles. The molecule has 5 heteroatoms. The van der Waals surface area contributed by atoms with E-state index in [-0.39, 0.29) is 51.9 Å².